The minimum atomic E-state index is -3.37. The predicted octanol–water partition coefficient (Wildman–Crippen LogP) is 1.90. The van der Waals surface area contributed by atoms with Crippen molar-refractivity contribution in [2.24, 2.45) is 5.92 Å². The van der Waals surface area contributed by atoms with Crippen LogP contribution in [0.25, 0.3) is 0 Å². The molecule has 1 N–H and O–H groups in total. The number of hydrogen-bond acceptors (Lipinski definition) is 5. The smallest absolute Gasteiger partial charge is 0.252 e. The van der Waals surface area contributed by atoms with Crippen molar-refractivity contribution in [2.45, 2.75) is 30.5 Å². The first kappa shape index (κ1) is 16.9. The maximum absolute atomic E-state index is 12.6. The highest BCUT2D eigenvalue weighted by atomic mass is 32.2. The van der Waals surface area contributed by atoms with Gasteiger partial charge in [0.05, 0.1) is 6.61 Å². The zero-order chi connectivity index (χ0) is 15.3. The van der Waals surface area contributed by atoms with E-state index in [9.17, 15) is 8.42 Å². The predicted molar refractivity (Wildman–Crippen MR) is 85.1 cm³/mol. The molecule has 0 radical (unpaired) electrons. The van der Waals surface area contributed by atoms with E-state index in [4.69, 9.17) is 4.74 Å². The Balaban J connectivity index is 2.00. The minimum absolute atomic E-state index is 0.305. The van der Waals surface area contributed by atoms with Crippen LogP contribution in [-0.2, 0) is 21.3 Å². The minimum Gasteiger partial charge on any atom is -0.381 e. The Labute approximate surface area is 131 Å². The topological polar surface area (TPSA) is 58.6 Å². The van der Waals surface area contributed by atoms with Crippen LogP contribution < -0.4 is 5.32 Å². The molecule has 0 aliphatic carbocycles. The fraction of sp³-hybridized carbons (Fsp3) is 0.714. The van der Waals surface area contributed by atoms with Crippen molar-refractivity contribution < 1.29 is 13.2 Å². The van der Waals surface area contributed by atoms with Gasteiger partial charge in [0.2, 0.25) is 0 Å². The van der Waals surface area contributed by atoms with E-state index in [1.54, 1.807) is 13.1 Å². The quantitative estimate of drug-likeness (QED) is 0.828. The number of hydrogen-bond donors (Lipinski definition) is 1. The van der Waals surface area contributed by atoms with Crippen LogP contribution in [0, 0.1) is 5.92 Å². The molecule has 0 saturated carbocycles. The van der Waals surface area contributed by atoms with Crippen molar-refractivity contribution in [3.63, 3.8) is 0 Å². The number of nitrogens with one attached hydrogen (secondary N) is 1. The van der Waals surface area contributed by atoms with Crippen LogP contribution in [0.3, 0.4) is 0 Å². The monoisotopic (exact) mass is 332 g/mol. The van der Waals surface area contributed by atoms with Crippen LogP contribution in [-0.4, -0.2) is 46.1 Å². The van der Waals surface area contributed by atoms with E-state index < -0.39 is 10.0 Å². The normalized spacial score (nSPS) is 20.0. The molecule has 5 nitrogen and oxygen atoms in total. The van der Waals surface area contributed by atoms with Crippen molar-refractivity contribution in [1.29, 1.82) is 0 Å². The van der Waals surface area contributed by atoms with Gasteiger partial charge in [-0.1, -0.05) is 6.92 Å². The zero-order valence-electron chi connectivity index (χ0n) is 12.7. The highest BCUT2D eigenvalue weighted by Crippen LogP contribution is 2.25. The lowest BCUT2D eigenvalue weighted by molar-refractivity contribution is 0.0495. The summed E-state index contributed by atoms with van der Waals surface area (Å²) < 4.78 is 32.5. The summed E-state index contributed by atoms with van der Waals surface area (Å²) in [5.41, 5.74) is 1.02. The van der Waals surface area contributed by atoms with Crippen molar-refractivity contribution in [3.05, 3.63) is 17.0 Å². The first-order chi connectivity index (χ1) is 10.0. The summed E-state index contributed by atoms with van der Waals surface area (Å²) in [6, 6.07) is 1.77. The summed E-state index contributed by atoms with van der Waals surface area (Å²) in [6.45, 7) is 5.61. The van der Waals surface area contributed by atoms with Gasteiger partial charge in [-0.3, -0.25) is 0 Å². The summed E-state index contributed by atoms with van der Waals surface area (Å²) in [6.07, 6.45) is 2.06. The van der Waals surface area contributed by atoms with E-state index in [0.717, 1.165) is 31.6 Å². The first-order valence-electron chi connectivity index (χ1n) is 7.36. The molecule has 1 aromatic heterocycles. The average molecular weight is 332 g/mol. The Morgan fingerprint density at radius 1 is 1.52 bits per heavy atom. The van der Waals surface area contributed by atoms with Gasteiger partial charge in [0.1, 0.15) is 4.21 Å². The molecule has 1 saturated heterocycles. The standard InChI is InChI=1S/C14H24N2O3S2/c1-3-15-8-13-7-14(20-11-13)21(17,18)16(2)9-12-5-4-6-19-10-12/h7,11-12,15H,3-6,8-10H2,1-2H3. The second-order valence-corrected chi connectivity index (χ2v) is 8.61. The van der Waals surface area contributed by atoms with Gasteiger partial charge in [-0.05, 0) is 42.3 Å². The molecule has 0 spiro atoms. The van der Waals surface area contributed by atoms with Gasteiger partial charge < -0.3 is 10.1 Å². The first-order valence-corrected chi connectivity index (χ1v) is 9.68. The number of rotatable bonds is 7. The summed E-state index contributed by atoms with van der Waals surface area (Å²) in [4.78, 5) is 0. The Morgan fingerprint density at radius 2 is 2.33 bits per heavy atom. The van der Waals surface area contributed by atoms with Gasteiger partial charge in [-0.15, -0.1) is 11.3 Å². The van der Waals surface area contributed by atoms with Crippen molar-refractivity contribution >= 4 is 21.4 Å². The Morgan fingerprint density at radius 3 is 3.00 bits per heavy atom. The summed E-state index contributed by atoms with van der Waals surface area (Å²) in [5.74, 6) is 0.305. The third kappa shape index (κ3) is 4.50. The van der Waals surface area contributed by atoms with Gasteiger partial charge in [-0.25, -0.2) is 8.42 Å². The molecule has 1 aromatic rings. The van der Waals surface area contributed by atoms with E-state index in [1.165, 1.54) is 15.6 Å². The molecule has 0 bridgehead atoms. The molecule has 1 atom stereocenters. The van der Waals surface area contributed by atoms with E-state index in [2.05, 4.69) is 5.32 Å². The third-order valence-electron chi connectivity index (χ3n) is 3.64. The molecule has 1 fully saturated rings. The summed E-state index contributed by atoms with van der Waals surface area (Å²) in [7, 11) is -1.71. The lowest BCUT2D eigenvalue weighted by atomic mass is 10.0. The van der Waals surface area contributed by atoms with Gasteiger partial charge >= 0.3 is 0 Å². The molecule has 1 aliphatic heterocycles. The third-order valence-corrected chi connectivity index (χ3v) is 6.93. The zero-order valence-corrected chi connectivity index (χ0v) is 14.3. The number of thiophene rings is 1. The SMILES string of the molecule is CCNCc1csc(S(=O)(=O)N(C)CC2CCCOC2)c1. The Kier molecular flexibility index (Phi) is 6.19. The number of ether oxygens (including phenoxy) is 1. The molecule has 0 aromatic carbocycles. The average Bonchev–Trinajstić information content (AvgIpc) is 2.95. The molecule has 2 rings (SSSR count). The maximum atomic E-state index is 12.6. The highest BCUT2D eigenvalue weighted by Gasteiger charge is 2.26. The van der Waals surface area contributed by atoms with Crippen LogP contribution in [0.1, 0.15) is 25.3 Å². The molecule has 21 heavy (non-hydrogen) atoms. The van der Waals surface area contributed by atoms with E-state index >= 15 is 0 Å². The number of nitrogens with zero attached hydrogens (tertiary/aromatic N) is 1. The second kappa shape index (κ2) is 7.69. The van der Waals surface area contributed by atoms with Crippen LogP contribution >= 0.6 is 11.3 Å². The van der Waals surface area contributed by atoms with E-state index in [-0.39, 0.29) is 0 Å². The van der Waals surface area contributed by atoms with Crippen LogP contribution in [0.2, 0.25) is 0 Å². The fourth-order valence-corrected chi connectivity index (χ4v) is 5.08. The van der Waals surface area contributed by atoms with Crippen LogP contribution in [0.15, 0.2) is 15.7 Å². The van der Waals surface area contributed by atoms with Gasteiger partial charge in [0.15, 0.2) is 0 Å². The molecule has 1 aliphatic rings. The van der Waals surface area contributed by atoms with Crippen molar-refractivity contribution in [3.8, 4) is 0 Å². The van der Waals surface area contributed by atoms with Gasteiger partial charge in [0, 0.05) is 26.7 Å². The van der Waals surface area contributed by atoms with Crippen molar-refractivity contribution in [1.82, 2.24) is 9.62 Å². The molecule has 7 heteroatoms. The molecule has 120 valence electrons. The van der Waals surface area contributed by atoms with Crippen molar-refractivity contribution in [2.75, 3.05) is 33.4 Å². The van der Waals surface area contributed by atoms with Gasteiger partial charge in [-0.2, -0.15) is 4.31 Å². The molecule has 2 heterocycles. The van der Waals surface area contributed by atoms with Crippen LogP contribution in [0.4, 0.5) is 0 Å². The lowest BCUT2D eigenvalue weighted by Crippen LogP contribution is -2.34. The Hall–Kier alpha value is -0.470. The molecule has 0 amide bonds. The van der Waals surface area contributed by atoms with E-state index in [1.807, 2.05) is 12.3 Å². The summed E-state index contributed by atoms with van der Waals surface area (Å²) in [5, 5.41) is 5.12. The number of sulfonamides is 1. The lowest BCUT2D eigenvalue weighted by Gasteiger charge is -2.26. The van der Waals surface area contributed by atoms with E-state index in [0.29, 0.717) is 29.8 Å². The fourth-order valence-electron chi connectivity index (χ4n) is 2.42. The largest absolute Gasteiger partial charge is 0.381 e. The maximum Gasteiger partial charge on any atom is 0.252 e. The second-order valence-electron chi connectivity index (χ2n) is 5.42. The van der Waals surface area contributed by atoms with Crippen LogP contribution in [0.5, 0.6) is 0 Å². The summed E-state index contributed by atoms with van der Waals surface area (Å²) >= 11 is 1.30. The molecular weight excluding hydrogens is 308 g/mol. The molecule has 1 unspecified atom stereocenters. The Bertz CT molecular complexity index is 536. The van der Waals surface area contributed by atoms with Gasteiger partial charge in [0.25, 0.3) is 10.0 Å². The molecular formula is C14H24N2O3S2. The highest BCUT2D eigenvalue weighted by molar-refractivity contribution is 7.91.